The largest absolute Gasteiger partial charge is 1.00 e. The van der Waals surface area contributed by atoms with Gasteiger partial charge in [0, 0.05) is 11.1 Å². The van der Waals surface area contributed by atoms with Gasteiger partial charge in [0.05, 0.1) is 24.6 Å². The van der Waals surface area contributed by atoms with E-state index >= 15 is 0 Å². The molecular weight excluding hydrogens is 299 g/mol. The quantitative estimate of drug-likeness (QED) is 0.570. The fourth-order valence-electron chi connectivity index (χ4n) is 1.75. The van der Waals surface area contributed by atoms with E-state index < -0.39 is 18.5 Å². The number of fused-ring (bicyclic) bond motifs is 1. The van der Waals surface area contributed by atoms with E-state index in [2.05, 4.69) is 20.6 Å². The average molecular weight is 312 g/mol. The molecule has 2 N–H and O–H groups in total. The zero-order valence-corrected chi connectivity index (χ0v) is 15.0. The number of hydrogen-bond acceptors (Lipinski definition) is 5. The number of rotatable bonds is 4. The van der Waals surface area contributed by atoms with Crippen LogP contribution in [-0.2, 0) is 11.3 Å². The Labute approximate surface area is 164 Å². The van der Waals surface area contributed by atoms with E-state index in [-0.39, 0.29) is 57.9 Å². The molecule has 0 unspecified atom stereocenters. The molecule has 1 aromatic carbocycles. The van der Waals surface area contributed by atoms with Gasteiger partial charge in [0.2, 0.25) is 0 Å². The Hall–Kier alpha value is -1.06. The summed E-state index contributed by atoms with van der Waals surface area (Å²) < 4.78 is 0. The van der Waals surface area contributed by atoms with E-state index in [4.69, 9.17) is 0 Å². The molecule has 8 heteroatoms. The molecule has 0 saturated carbocycles. The van der Waals surface area contributed by atoms with Crippen LogP contribution >= 0.6 is 0 Å². The molecule has 0 aliphatic rings. The van der Waals surface area contributed by atoms with Gasteiger partial charge in [-0.3, -0.25) is 0 Å². The van der Waals surface area contributed by atoms with Gasteiger partial charge in [-0.2, -0.15) is 0 Å². The van der Waals surface area contributed by atoms with E-state index in [0.29, 0.717) is 5.82 Å². The van der Waals surface area contributed by atoms with Crippen LogP contribution in [0.5, 0.6) is 0 Å². The molecule has 21 heavy (non-hydrogen) atoms. The number of carboxylic acid groups (broad SMARTS) is 1. The van der Waals surface area contributed by atoms with Crippen molar-refractivity contribution in [1.82, 2.24) is 20.6 Å². The summed E-state index contributed by atoms with van der Waals surface area (Å²) >= 11 is 0. The van der Waals surface area contributed by atoms with Crippen LogP contribution in [0.3, 0.4) is 0 Å². The zero-order chi connectivity index (χ0) is 14.5. The summed E-state index contributed by atoms with van der Waals surface area (Å²) in [5, 5.41) is 15.8. The number of carbonyl (C=O) groups is 2. The van der Waals surface area contributed by atoms with Crippen LogP contribution in [-0.4, -0.2) is 28.5 Å². The Balaban J connectivity index is 0.00000220. The van der Waals surface area contributed by atoms with Gasteiger partial charge in [-0.1, -0.05) is 18.2 Å². The molecule has 104 valence electrons. The molecule has 0 bridgehead atoms. The third-order valence-electron chi connectivity index (χ3n) is 2.64. The van der Waals surface area contributed by atoms with E-state index in [1.807, 2.05) is 31.2 Å². The molecule has 0 saturated heterocycles. The van der Waals surface area contributed by atoms with Crippen molar-refractivity contribution < 1.29 is 66.1 Å². The summed E-state index contributed by atoms with van der Waals surface area (Å²) in [7, 11) is 0. The molecule has 0 atom stereocenters. The molecule has 2 aromatic rings. The maximum atomic E-state index is 11.3. The first-order valence-corrected chi connectivity index (χ1v) is 6.00. The molecule has 0 spiro atoms. The molecule has 2 amide bonds. The number of carbonyl (C=O) groups excluding carboxylic acids is 2. The van der Waals surface area contributed by atoms with Crippen LogP contribution in [0, 0.1) is 6.92 Å². The molecular formula is C13H13KN4O3. The summed E-state index contributed by atoms with van der Waals surface area (Å²) in [4.78, 5) is 30.1. The van der Waals surface area contributed by atoms with Gasteiger partial charge in [-0.15, -0.1) is 0 Å². The molecule has 0 fully saturated rings. The predicted octanol–water partition coefficient (Wildman–Crippen LogP) is -3.51. The second-order valence-corrected chi connectivity index (χ2v) is 4.15. The molecule has 7 nitrogen and oxygen atoms in total. The van der Waals surface area contributed by atoms with Gasteiger partial charge in [0.15, 0.2) is 0 Å². The number of aliphatic carboxylic acids is 1. The fourth-order valence-corrected chi connectivity index (χ4v) is 1.75. The molecule has 0 radical (unpaired) electrons. The van der Waals surface area contributed by atoms with E-state index in [1.165, 1.54) is 0 Å². The van der Waals surface area contributed by atoms with Crippen LogP contribution in [0.4, 0.5) is 4.79 Å². The Morgan fingerprint density at radius 3 is 2.62 bits per heavy atom. The number of nitrogens with one attached hydrogen (secondary N) is 2. The minimum absolute atomic E-state index is 0. The van der Waals surface area contributed by atoms with Crippen LogP contribution in [0.1, 0.15) is 11.5 Å². The first-order chi connectivity index (χ1) is 9.56. The summed E-state index contributed by atoms with van der Waals surface area (Å²) in [5.41, 5.74) is 1.62. The number of aromatic nitrogens is 2. The van der Waals surface area contributed by atoms with E-state index in [9.17, 15) is 14.7 Å². The van der Waals surface area contributed by atoms with Gasteiger partial charge in [-0.25, -0.2) is 14.8 Å². The summed E-state index contributed by atoms with van der Waals surface area (Å²) in [6.07, 6.45) is 0. The van der Waals surface area contributed by atoms with Crippen LogP contribution in [0.25, 0.3) is 10.9 Å². The Bertz CT molecular complexity index is 663. The number of hydrogen-bond donors (Lipinski definition) is 2. The first kappa shape index (κ1) is 18.0. The molecule has 1 heterocycles. The van der Waals surface area contributed by atoms with Crippen molar-refractivity contribution in [3.05, 3.63) is 35.8 Å². The number of urea groups is 1. The predicted molar refractivity (Wildman–Crippen MR) is 69.5 cm³/mol. The SMILES string of the molecule is Cc1nc(CNC(=O)NCC(=O)[O-])nc2ccccc12.[K+]. The smallest absolute Gasteiger partial charge is 0.548 e. The normalized spacial score (nSPS) is 9.76. The monoisotopic (exact) mass is 312 g/mol. The van der Waals surface area contributed by atoms with Crippen LogP contribution in [0.15, 0.2) is 24.3 Å². The van der Waals surface area contributed by atoms with Crippen LogP contribution < -0.4 is 67.1 Å². The minimum atomic E-state index is -1.35. The maximum absolute atomic E-state index is 11.3. The summed E-state index contributed by atoms with van der Waals surface area (Å²) in [6, 6.07) is 6.96. The summed E-state index contributed by atoms with van der Waals surface area (Å²) in [6.45, 7) is 1.44. The Morgan fingerprint density at radius 2 is 1.90 bits per heavy atom. The van der Waals surface area contributed by atoms with Gasteiger partial charge in [0.1, 0.15) is 5.82 Å². The number of benzene rings is 1. The standard InChI is InChI=1S/C13H14N4O3.K/c1-8-9-4-2-3-5-10(9)17-11(16-8)6-14-13(20)15-7-12(18)19;/h2-5H,6-7H2,1H3,(H,18,19)(H2,14,15,20);/q;+1/p-1. The number of amides is 2. The topological polar surface area (TPSA) is 107 Å². The van der Waals surface area contributed by atoms with Gasteiger partial charge in [-0.05, 0) is 13.0 Å². The molecule has 1 aromatic heterocycles. The number of carboxylic acids is 1. The second-order valence-electron chi connectivity index (χ2n) is 4.15. The third-order valence-corrected chi connectivity index (χ3v) is 2.64. The van der Waals surface area contributed by atoms with Crippen molar-refractivity contribution in [2.24, 2.45) is 0 Å². The van der Waals surface area contributed by atoms with Crippen molar-refractivity contribution in [1.29, 1.82) is 0 Å². The van der Waals surface area contributed by atoms with Crippen molar-refractivity contribution >= 4 is 22.9 Å². The van der Waals surface area contributed by atoms with E-state index in [1.54, 1.807) is 0 Å². The van der Waals surface area contributed by atoms with Gasteiger partial charge >= 0.3 is 57.4 Å². The fraction of sp³-hybridized carbons (Fsp3) is 0.231. The van der Waals surface area contributed by atoms with Gasteiger partial charge in [0.25, 0.3) is 0 Å². The minimum Gasteiger partial charge on any atom is -0.548 e. The van der Waals surface area contributed by atoms with Crippen molar-refractivity contribution in [2.75, 3.05) is 6.54 Å². The van der Waals surface area contributed by atoms with Crippen molar-refractivity contribution in [3.63, 3.8) is 0 Å². The van der Waals surface area contributed by atoms with Gasteiger partial charge < -0.3 is 20.5 Å². The number of aryl methyl sites for hydroxylation is 1. The maximum Gasteiger partial charge on any atom is 1.00 e. The van der Waals surface area contributed by atoms with Crippen molar-refractivity contribution in [3.8, 4) is 0 Å². The zero-order valence-electron chi connectivity index (χ0n) is 11.8. The van der Waals surface area contributed by atoms with Crippen molar-refractivity contribution in [2.45, 2.75) is 13.5 Å². The van der Waals surface area contributed by atoms with E-state index in [0.717, 1.165) is 16.6 Å². The second kappa shape index (κ2) is 8.40. The molecule has 2 rings (SSSR count). The molecule has 0 aliphatic heterocycles. The third kappa shape index (κ3) is 5.33. The summed E-state index contributed by atoms with van der Waals surface area (Å²) in [5.74, 6) is -0.886. The van der Waals surface area contributed by atoms with Crippen LogP contribution in [0.2, 0.25) is 0 Å². The number of para-hydroxylation sites is 1. The molecule has 0 aliphatic carbocycles. The Kier molecular flexibility index (Phi) is 7.19. The average Bonchev–Trinajstić information content (AvgIpc) is 2.43. The number of nitrogens with zero attached hydrogens (tertiary/aromatic N) is 2. The first-order valence-electron chi connectivity index (χ1n) is 6.00. The Morgan fingerprint density at radius 1 is 1.19 bits per heavy atom.